The summed E-state index contributed by atoms with van der Waals surface area (Å²) < 4.78 is 9.14. The first-order valence-electron chi connectivity index (χ1n) is 18.7. The molecule has 0 aliphatic rings. The number of benzene rings is 9. The predicted octanol–water partition coefficient (Wildman–Crippen LogP) is 15.6. The van der Waals surface area contributed by atoms with Crippen LogP contribution >= 0.6 is 11.3 Å². The molecule has 0 spiro atoms. The molecule has 0 N–H and O–H groups in total. The van der Waals surface area contributed by atoms with Crippen LogP contribution in [-0.2, 0) is 0 Å². The standard InChI is InChI=1S/C52H33NOS/c1-2-11-34(12-3-1)35-23-28-39(29-24-35)53(41-15-8-14-38(33-41)43-19-10-20-46-44-16-4-6-21-48(44)54-51(43)46)40-30-25-36(26-31-40)42-18-9-13-37-27-32-47-45-17-5-7-22-49(45)55-52(47)50(37)42/h1-33H. The number of nitrogens with zero attached hydrogens (tertiary/aromatic N) is 1. The maximum Gasteiger partial charge on any atom is 0.143 e. The minimum absolute atomic E-state index is 0.903. The first kappa shape index (κ1) is 31.6. The maximum atomic E-state index is 6.48. The third-order valence-electron chi connectivity index (χ3n) is 10.9. The lowest BCUT2D eigenvalue weighted by Gasteiger charge is -2.26. The molecule has 9 aromatic carbocycles. The molecule has 55 heavy (non-hydrogen) atoms. The molecular weight excluding hydrogens is 687 g/mol. The van der Waals surface area contributed by atoms with Crippen LogP contribution in [0.4, 0.5) is 17.1 Å². The molecule has 0 unspecified atom stereocenters. The molecule has 0 aliphatic carbocycles. The molecule has 0 fully saturated rings. The Balaban J connectivity index is 1.05. The minimum atomic E-state index is 0.903. The lowest BCUT2D eigenvalue weighted by Crippen LogP contribution is -2.10. The molecule has 0 saturated heterocycles. The second-order valence-electron chi connectivity index (χ2n) is 14.1. The summed E-state index contributed by atoms with van der Waals surface area (Å²) in [4.78, 5) is 2.36. The van der Waals surface area contributed by atoms with Crippen LogP contribution in [0.15, 0.2) is 205 Å². The largest absolute Gasteiger partial charge is 0.455 e. The van der Waals surface area contributed by atoms with Gasteiger partial charge in [0.05, 0.1) is 0 Å². The third kappa shape index (κ3) is 5.32. The summed E-state index contributed by atoms with van der Waals surface area (Å²) >= 11 is 1.89. The summed E-state index contributed by atoms with van der Waals surface area (Å²) in [5.41, 5.74) is 12.1. The Kier molecular flexibility index (Phi) is 7.39. The number of fused-ring (bicyclic) bond motifs is 8. The first-order valence-corrected chi connectivity index (χ1v) is 19.5. The van der Waals surface area contributed by atoms with Crippen molar-refractivity contribution in [3.8, 4) is 33.4 Å². The van der Waals surface area contributed by atoms with Gasteiger partial charge in [-0.2, -0.15) is 0 Å². The summed E-state index contributed by atoms with van der Waals surface area (Å²) in [5, 5.41) is 7.48. The molecule has 2 aromatic heterocycles. The van der Waals surface area contributed by atoms with Crippen LogP contribution in [0.25, 0.3) is 86.3 Å². The van der Waals surface area contributed by atoms with E-state index in [1.807, 2.05) is 23.5 Å². The third-order valence-corrected chi connectivity index (χ3v) is 12.1. The van der Waals surface area contributed by atoms with E-state index >= 15 is 0 Å². The summed E-state index contributed by atoms with van der Waals surface area (Å²) in [7, 11) is 0. The molecule has 0 amide bonds. The zero-order chi connectivity index (χ0) is 36.3. The van der Waals surface area contributed by atoms with E-state index in [-0.39, 0.29) is 0 Å². The van der Waals surface area contributed by atoms with Gasteiger partial charge in [0, 0.05) is 59.0 Å². The highest BCUT2D eigenvalue weighted by Gasteiger charge is 2.18. The number of hydrogen-bond acceptors (Lipinski definition) is 3. The van der Waals surface area contributed by atoms with Gasteiger partial charge in [-0.25, -0.2) is 0 Å². The molecular formula is C52H33NOS. The molecule has 0 saturated carbocycles. The fraction of sp³-hybridized carbons (Fsp3) is 0. The Labute approximate surface area is 322 Å². The van der Waals surface area contributed by atoms with E-state index in [2.05, 4.69) is 193 Å². The highest BCUT2D eigenvalue weighted by molar-refractivity contribution is 7.26. The normalized spacial score (nSPS) is 11.6. The smallest absolute Gasteiger partial charge is 0.143 e. The summed E-state index contributed by atoms with van der Waals surface area (Å²) in [6, 6.07) is 72.1. The minimum Gasteiger partial charge on any atom is -0.455 e. The Hall–Kier alpha value is -6.94. The molecule has 0 bridgehead atoms. The van der Waals surface area contributed by atoms with Gasteiger partial charge in [0.25, 0.3) is 0 Å². The second-order valence-corrected chi connectivity index (χ2v) is 15.1. The number of rotatable bonds is 6. The number of furan rings is 1. The van der Waals surface area contributed by atoms with Crippen molar-refractivity contribution in [3.63, 3.8) is 0 Å². The van der Waals surface area contributed by atoms with Gasteiger partial charge in [-0.15, -0.1) is 11.3 Å². The van der Waals surface area contributed by atoms with E-state index in [4.69, 9.17) is 4.42 Å². The predicted molar refractivity (Wildman–Crippen MR) is 235 cm³/mol. The Morgan fingerprint density at radius 2 is 1.02 bits per heavy atom. The lowest BCUT2D eigenvalue weighted by atomic mass is 9.96. The molecule has 2 heterocycles. The van der Waals surface area contributed by atoms with E-state index < -0.39 is 0 Å². The van der Waals surface area contributed by atoms with Crippen molar-refractivity contribution in [1.29, 1.82) is 0 Å². The topological polar surface area (TPSA) is 16.4 Å². The Bertz CT molecular complexity index is 3190. The van der Waals surface area contributed by atoms with Crippen LogP contribution in [0, 0.1) is 0 Å². The average Bonchev–Trinajstić information content (AvgIpc) is 3.83. The highest BCUT2D eigenvalue weighted by atomic mass is 32.1. The number of para-hydroxylation sites is 2. The Morgan fingerprint density at radius 3 is 1.85 bits per heavy atom. The van der Waals surface area contributed by atoms with E-state index in [0.29, 0.717) is 0 Å². The highest BCUT2D eigenvalue weighted by Crippen LogP contribution is 2.44. The van der Waals surface area contributed by atoms with Crippen LogP contribution < -0.4 is 4.90 Å². The van der Waals surface area contributed by atoms with Crippen molar-refractivity contribution in [2.45, 2.75) is 0 Å². The van der Waals surface area contributed by atoms with E-state index in [1.165, 1.54) is 53.2 Å². The number of hydrogen-bond donors (Lipinski definition) is 0. The zero-order valence-electron chi connectivity index (χ0n) is 29.8. The van der Waals surface area contributed by atoms with E-state index in [1.54, 1.807) is 0 Å². The van der Waals surface area contributed by atoms with Gasteiger partial charge in [0.1, 0.15) is 11.2 Å². The van der Waals surface area contributed by atoms with Crippen LogP contribution in [0.3, 0.4) is 0 Å². The van der Waals surface area contributed by atoms with Crippen LogP contribution in [-0.4, -0.2) is 0 Å². The number of thiophene rings is 1. The van der Waals surface area contributed by atoms with Crippen molar-refractivity contribution in [1.82, 2.24) is 0 Å². The van der Waals surface area contributed by atoms with Crippen molar-refractivity contribution in [2.75, 3.05) is 4.90 Å². The van der Waals surface area contributed by atoms with Crippen molar-refractivity contribution < 1.29 is 4.42 Å². The molecule has 0 aliphatic heterocycles. The van der Waals surface area contributed by atoms with Gasteiger partial charge >= 0.3 is 0 Å². The van der Waals surface area contributed by atoms with Crippen molar-refractivity contribution in [2.24, 2.45) is 0 Å². The molecule has 258 valence electrons. The first-order chi connectivity index (χ1) is 27.3. The lowest BCUT2D eigenvalue weighted by molar-refractivity contribution is 0.670. The SMILES string of the molecule is c1ccc(-c2ccc(N(c3ccc(-c4cccc5ccc6c7ccccc7sc6c45)cc3)c3cccc(-c4cccc5c4oc4ccccc45)c3)cc2)cc1. The van der Waals surface area contributed by atoms with Gasteiger partial charge in [-0.05, 0) is 81.7 Å². The van der Waals surface area contributed by atoms with Gasteiger partial charge in [0.2, 0.25) is 0 Å². The molecule has 0 atom stereocenters. The Morgan fingerprint density at radius 1 is 0.382 bits per heavy atom. The van der Waals surface area contributed by atoms with Crippen LogP contribution in [0.1, 0.15) is 0 Å². The van der Waals surface area contributed by atoms with E-state index in [0.717, 1.165) is 50.1 Å². The molecule has 0 radical (unpaired) electrons. The van der Waals surface area contributed by atoms with Crippen molar-refractivity contribution >= 4 is 81.3 Å². The second kappa shape index (κ2) is 12.9. The van der Waals surface area contributed by atoms with Crippen molar-refractivity contribution in [3.05, 3.63) is 200 Å². The molecule has 11 aromatic rings. The number of anilines is 3. The molecule has 2 nitrogen and oxygen atoms in total. The van der Waals surface area contributed by atoms with Gasteiger partial charge < -0.3 is 9.32 Å². The van der Waals surface area contributed by atoms with Gasteiger partial charge in [-0.3, -0.25) is 0 Å². The fourth-order valence-corrected chi connectivity index (χ4v) is 9.52. The quantitative estimate of drug-likeness (QED) is 0.170. The fourth-order valence-electron chi connectivity index (χ4n) is 8.25. The van der Waals surface area contributed by atoms with Crippen LogP contribution in [0.2, 0.25) is 0 Å². The summed E-state index contributed by atoms with van der Waals surface area (Å²) in [6.07, 6.45) is 0. The van der Waals surface area contributed by atoms with Gasteiger partial charge in [0.15, 0.2) is 0 Å². The maximum absolute atomic E-state index is 6.48. The van der Waals surface area contributed by atoms with Crippen LogP contribution in [0.5, 0.6) is 0 Å². The zero-order valence-corrected chi connectivity index (χ0v) is 30.6. The van der Waals surface area contributed by atoms with E-state index in [9.17, 15) is 0 Å². The monoisotopic (exact) mass is 719 g/mol. The summed E-state index contributed by atoms with van der Waals surface area (Å²) in [6.45, 7) is 0. The van der Waals surface area contributed by atoms with Gasteiger partial charge in [-0.1, -0.05) is 152 Å². The molecule has 3 heteroatoms. The summed E-state index contributed by atoms with van der Waals surface area (Å²) in [5.74, 6) is 0. The molecule has 11 rings (SSSR count). The average molecular weight is 720 g/mol.